The Balaban J connectivity index is 1.22. The summed E-state index contributed by atoms with van der Waals surface area (Å²) in [7, 11) is 0. The summed E-state index contributed by atoms with van der Waals surface area (Å²) in [6.45, 7) is 0. The van der Waals surface area contributed by atoms with Crippen molar-refractivity contribution in [3.05, 3.63) is 150 Å². The fraction of sp³-hybridized carbons (Fsp3) is 0.0455. The van der Waals surface area contributed by atoms with Gasteiger partial charge in [0, 0.05) is 32.9 Å². The van der Waals surface area contributed by atoms with Gasteiger partial charge in [0.25, 0.3) is 0 Å². The Morgan fingerprint density at radius 3 is 2.22 bits per heavy atom. The van der Waals surface area contributed by atoms with Crippen LogP contribution in [0.15, 0.2) is 132 Å². The van der Waals surface area contributed by atoms with Gasteiger partial charge in [-0.2, -0.15) is 10.5 Å². The van der Waals surface area contributed by atoms with Crippen molar-refractivity contribution in [1.29, 1.82) is 10.5 Å². The highest BCUT2D eigenvalue weighted by molar-refractivity contribution is 6.23. The zero-order chi connectivity index (χ0) is 32.6. The number of aryl methyl sites for hydroxylation is 1. The van der Waals surface area contributed by atoms with Crippen molar-refractivity contribution < 1.29 is 4.42 Å². The number of allylic oxidation sites excluding steroid dienone is 1. The minimum Gasteiger partial charge on any atom is -0.455 e. The SMILES string of the molecule is N#Cc1cc(-c2ccc(C#N)c(-n3c4c(c5ccccc53)CCC=C4)c2)cc(-n2c3ccccc3c3c4oc5ccccc5c4ccc32)c1. The van der Waals surface area contributed by atoms with E-state index in [-0.39, 0.29) is 0 Å². The van der Waals surface area contributed by atoms with E-state index in [0.29, 0.717) is 11.1 Å². The van der Waals surface area contributed by atoms with E-state index in [1.165, 1.54) is 10.9 Å². The summed E-state index contributed by atoms with van der Waals surface area (Å²) < 4.78 is 11.0. The van der Waals surface area contributed by atoms with Crippen molar-refractivity contribution in [2.45, 2.75) is 12.8 Å². The van der Waals surface area contributed by atoms with Crippen LogP contribution in [0.5, 0.6) is 0 Å². The van der Waals surface area contributed by atoms with Gasteiger partial charge in [0.2, 0.25) is 0 Å². The Morgan fingerprint density at radius 2 is 1.39 bits per heavy atom. The topological polar surface area (TPSA) is 70.6 Å². The van der Waals surface area contributed by atoms with Crippen LogP contribution >= 0.6 is 0 Å². The lowest BCUT2D eigenvalue weighted by molar-refractivity contribution is 0.673. The van der Waals surface area contributed by atoms with Crippen molar-refractivity contribution in [2.24, 2.45) is 0 Å². The third-order valence-electron chi connectivity index (χ3n) is 10.0. The molecule has 1 aliphatic rings. The van der Waals surface area contributed by atoms with Gasteiger partial charge in [-0.05, 0) is 96.3 Å². The second-order valence-corrected chi connectivity index (χ2v) is 12.7. The summed E-state index contributed by atoms with van der Waals surface area (Å²) in [6.07, 6.45) is 6.36. The highest BCUT2D eigenvalue weighted by Crippen LogP contribution is 2.42. The van der Waals surface area contributed by atoms with Crippen LogP contribution in [-0.4, -0.2) is 9.13 Å². The van der Waals surface area contributed by atoms with Crippen LogP contribution in [-0.2, 0) is 6.42 Å². The number of hydrogen-bond acceptors (Lipinski definition) is 3. The van der Waals surface area contributed by atoms with Gasteiger partial charge in [0.05, 0.1) is 44.8 Å². The summed E-state index contributed by atoms with van der Waals surface area (Å²) in [4.78, 5) is 0. The number of furan rings is 1. The molecule has 0 saturated heterocycles. The van der Waals surface area contributed by atoms with E-state index in [9.17, 15) is 10.5 Å². The highest BCUT2D eigenvalue weighted by atomic mass is 16.3. The maximum Gasteiger partial charge on any atom is 0.145 e. The van der Waals surface area contributed by atoms with E-state index in [4.69, 9.17) is 4.42 Å². The van der Waals surface area contributed by atoms with Crippen LogP contribution in [0.3, 0.4) is 0 Å². The number of fused-ring (bicyclic) bond motifs is 10. The molecule has 1 aliphatic carbocycles. The first kappa shape index (κ1) is 27.3. The van der Waals surface area contributed by atoms with Crippen LogP contribution < -0.4 is 0 Å². The van der Waals surface area contributed by atoms with Crippen molar-refractivity contribution >= 4 is 60.7 Å². The van der Waals surface area contributed by atoms with E-state index in [2.05, 4.69) is 106 Å². The molecule has 0 saturated carbocycles. The lowest BCUT2D eigenvalue weighted by atomic mass is 9.99. The van der Waals surface area contributed by atoms with E-state index in [1.807, 2.05) is 48.5 Å². The molecule has 0 unspecified atom stereocenters. The molecule has 3 aromatic heterocycles. The lowest BCUT2D eigenvalue weighted by Crippen LogP contribution is -2.03. The lowest BCUT2D eigenvalue weighted by Gasteiger charge is -2.16. The molecule has 0 bridgehead atoms. The summed E-state index contributed by atoms with van der Waals surface area (Å²) >= 11 is 0. The summed E-state index contributed by atoms with van der Waals surface area (Å²) in [5.74, 6) is 0. The molecule has 49 heavy (non-hydrogen) atoms. The van der Waals surface area contributed by atoms with Gasteiger partial charge in [0.1, 0.15) is 17.2 Å². The number of rotatable bonds is 3. The van der Waals surface area contributed by atoms with Crippen LogP contribution in [0.4, 0.5) is 0 Å². The summed E-state index contributed by atoms with van der Waals surface area (Å²) in [5, 5.41) is 26.1. The average Bonchev–Trinajstić information content (AvgIpc) is 3.82. The molecule has 0 spiro atoms. The van der Waals surface area contributed by atoms with Gasteiger partial charge in [-0.3, -0.25) is 0 Å². The number of benzene rings is 6. The minimum atomic E-state index is 0.556. The van der Waals surface area contributed by atoms with Gasteiger partial charge >= 0.3 is 0 Å². The predicted octanol–water partition coefficient (Wildman–Crippen LogP) is 11.0. The van der Waals surface area contributed by atoms with Crippen LogP contribution in [0.1, 0.15) is 28.8 Å². The molecule has 0 radical (unpaired) electrons. The summed E-state index contributed by atoms with van der Waals surface area (Å²) in [5.41, 5.74) is 12.0. The molecule has 0 atom stereocenters. The number of aromatic nitrogens is 2. The number of para-hydroxylation sites is 3. The molecule has 0 aliphatic heterocycles. The van der Waals surface area contributed by atoms with Gasteiger partial charge in [-0.15, -0.1) is 0 Å². The molecule has 0 amide bonds. The van der Waals surface area contributed by atoms with Gasteiger partial charge in [-0.25, -0.2) is 0 Å². The molecular weight excluding hydrogens is 601 g/mol. The molecule has 0 N–H and O–H groups in total. The van der Waals surface area contributed by atoms with E-state index < -0.39 is 0 Å². The first-order valence-electron chi connectivity index (χ1n) is 16.4. The van der Waals surface area contributed by atoms with E-state index >= 15 is 0 Å². The monoisotopic (exact) mass is 626 g/mol. The fourth-order valence-corrected chi connectivity index (χ4v) is 7.92. The Labute approximate surface area is 281 Å². The zero-order valence-electron chi connectivity index (χ0n) is 26.3. The van der Waals surface area contributed by atoms with E-state index in [0.717, 1.165) is 90.3 Å². The largest absolute Gasteiger partial charge is 0.455 e. The third kappa shape index (κ3) is 3.91. The molecule has 3 heterocycles. The molecule has 9 aromatic rings. The normalized spacial score (nSPS) is 12.6. The highest BCUT2D eigenvalue weighted by Gasteiger charge is 2.22. The van der Waals surface area contributed by atoms with Gasteiger partial charge in [0.15, 0.2) is 0 Å². The maximum absolute atomic E-state index is 10.3. The fourth-order valence-electron chi connectivity index (χ4n) is 7.92. The number of nitrogens with zero attached hydrogens (tertiary/aromatic N) is 4. The van der Waals surface area contributed by atoms with Crippen molar-refractivity contribution in [3.63, 3.8) is 0 Å². The molecule has 5 nitrogen and oxygen atoms in total. The van der Waals surface area contributed by atoms with Crippen molar-refractivity contribution in [1.82, 2.24) is 9.13 Å². The molecule has 10 rings (SSSR count). The van der Waals surface area contributed by atoms with Crippen LogP contribution in [0.2, 0.25) is 0 Å². The second-order valence-electron chi connectivity index (χ2n) is 12.7. The molecule has 5 heteroatoms. The summed E-state index contributed by atoms with van der Waals surface area (Å²) in [6, 6.07) is 46.1. The third-order valence-corrected chi connectivity index (χ3v) is 10.0. The quantitative estimate of drug-likeness (QED) is 0.196. The van der Waals surface area contributed by atoms with Crippen molar-refractivity contribution in [3.8, 4) is 34.6 Å². The Kier molecular flexibility index (Phi) is 5.76. The number of hydrogen-bond donors (Lipinski definition) is 0. The minimum absolute atomic E-state index is 0.556. The molecule has 6 aromatic carbocycles. The average molecular weight is 627 g/mol. The molecular formula is C44H26N4O. The second kappa shape index (κ2) is 10.3. The van der Waals surface area contributed by atoms with Crippen LogP contribution in [0.25, 0.3) is 83.2 Å². The molecule has 0 fully saturated rings. The number of nitriles is 2. The predicted molar refractivity (Wildman–Crippen MR) is 197 cm³/mol. The van der Waals surface area contributed by atoms with Crippen LogP contribution in [0, 0.1) is 22.7 Å². The first-order chi connectivity index (χ1) is 24.2. The van der Waals surface area contributed by atoms with Gasteiger partial charge < -0.3 is 13.6 Å². The van der Waals surface area contributed by atoms with Gasteiger partial charge in [-0.1, -0.05) is 66.7 Å². The maximum atomic E-state index is 10.3. The molecule has 228 valence electrons. The smallest absolute Gasteiger partial charge is 0.145 e. The first-order valence-corrected chi connectivity index (χ1v) is 16.4. The van der Waals surface area contributed by atoms with Crippen molar-refractivity contribution in [2.75, 3.05) is 0 Å². The Bertz CT molecular complexity index is 2970. The Hall–Kier alpha value is -6.82. The van der Waals surface area contributed by atoms with E-state index in [1.54, 1.807) is 0 Å². The standard InChI is InChI=1S/C44H26N4O/c45-25-27-21-30(28-17-18-29(26-46)41(24-28)48-37-13-5-1-9-32(37)33-10-2-6-14-38(33)48)23-31(22-27)47-39-15-7-3-12-36(39)43-40(47)20-19-35-34-11-4-8-16-42(34)49-44(35)43/h1,3-9,11-24H,2,10H2. The zero-order valence-corrected chi connectivity index (χ0v) is 26.3. The Morgan fingerprint density at radius 1 is 0.612 bits per heavy atom.